The number of aromatic nitrogens is 3. The number of carbonyl (C=O) groups excluding carboxylic acids is 1. The number of hydrogen-bond donors (Lipinski definition) is 0. The first kappa shape index (κ1) is 22.9. The molecule has 33 heavy (non-hydrogen) atoms. The zero-order chi connectivity index (χ0) is 23.7. The zero-order valence-corrected chi connectivity index (χ0v) is 21.1. The summed E-state index contributed by atoms with van der Waals surface area (Å²) in [4.78, 5) is 31.2. The molecular formula is C23H29ClFN5O2S. The molecule has 5 heterocycles. The van der Waals surface area contributed by atoms with E-state index in [0.717, 1.165) is 30.7 Å². The number of halogens is 2. The Morgan fingerprint density at radius 1 is 1.24 bits per heavy atom. The third-order valence-corrected chi connectivity index (χ3v) is 7.72. The van der Waals surface area contributed by atoms with Crippen molar-refractivity contribution in [3.05, 3.63) is 16.7 Å². The van der Waals surface area contributed by atoms with E-state index in [0.29, 0.717) is 22.9 Å². The number of ether oxygens (including phenoxy) is 1. The molecule has 10 heteroatoms. The van der Waals surface area contributed by atoms with Gasteiger partial charge in [-0.15, -0.1) is 0 Å². The van der Waals surface area contributed by atoms with E-state index in [1.807, 2.05) is 32.6 Å². The highest BCUT2D eigenvalue weighted by molar-refractivity contribution is 7.99. The molecule has 2 bridgehead atoms. The van der Waals surface area contributed by atoms with Gasteiger partial charge in [-0.1, -0.05) is 37.2 Å². The summed E-state index contributed by atoms with van der Waals surface area (Å²) in [5.74, 6) is 0.892. The van der Waals surface area contributed by atoms with Crippen LogP contribution in [-0.4, -0.2) is 62.0 Å². The van der Waals surface area contributed by atoms with Crippen molar-refractivity contribution in [1.29, 1.82) is 0 Å². The highest BCUT2D eigenvalue weighted by atomic mass is 35.5. The van der Waals surface area contributed by atoms with Crippen molar-refractivity contribution in [2.24, 2.45) is 0 Å². The minimum absolute atomic E-state index is 0.00275. The molecule has 3 aliphatic heterocycles. The fraction of sp³-hybridized carbons (Fsp3) is 0.652. The second-order valence-electron chi connectivity index (χ2n) is 10.1. The van der Waals surface area contributed by atoms with Gasteiger partial charge in [0.25, 0.3) is 0 Å². The molecule has 0 N–H and O–H groups in total. The molecule has 4 atom stereocenters. The number of pyridine rings is 1. The average Bonchev–Trinajstić information content (AvgIpc) is 3.01. The maximum atomic E-state index is 15.1. The summed E-state index contributed by atoms with van der Waals surface area (Å²) < 4.78 is 20.9. The minimum atomic E-state index is -0.599. The first-order chi connectivity index (χ1) is 15.6. The largest absolute Gasteiger partial charge is 0.444 e. The minimum Gasteiger partial charge on any atom is -0.444 e. The molecule has 1 amide bonds. The van der Waals surface area contributed by atoms with Gasteiger partial charge >= 0.3 is 6.09 Å². The number of amides is 1. The molecule has 0 spiro atoms. The van der Waals surface area contributed by atoms with E-state index in [-0.39, 0.29) is 40.8 Å². The lowest BCUT2D eigenvalue weighted by molar-refractivity contribution is 0.00693. The Balaban J connectivity index is 1.64. The van der Waals surface area contributed by atoms with Crippen LogP contribution in [-0.2, 0) is 4.74 Å². The number of rotatable bonds is 2. The molecule has 2 saturated heterocycles. The SMILES string of the molecule is CCSc1nc2c3c(nc(Cl)c(F)c3n1)[C@H](C)C[C@H]1[C@@H]3CC[C@H](CN21)N3C(=O)OC(C)(C)C. The van der Waals surface area contributed by atoms with Crippen LogP contribution in [0.5, 0.6) is 0 Å². The summed E-state index contributed by atoms with van der Waals surface area (Å²) in [6, 6.07) is 0.0539. The van der Waals surface area contributed by atoms with Gasteiger partial charge in [0.15, 0.2) is 16.1 Å². The van der Waals surface area contributed by atoms with Gasteiger partial charge < -0.3 is 9.64 Å². The van der Waals surface area contributed by atoms with E-state index >= 15 is 4.39 Å². The Kier molecular flexibility index (Phi) is 5.63. The second-order valence-corrected chi connectivity index (χ2v) is 11.7. The van der Waals surface area contributed by atoms with Gasteiger partial charge in [0.05, 0.1) is 29.2 Å². The smallest absolute Gasteiger partial charge is 0.410 e. The van der Waals surface area contributed by atoms with Crippen molar-refractivity contribution in [1.82, 2.24) is 19.9 Å². The summed E-state index contributed by atoms with van der Waals surface area (Å²) in [6.07, 6.45) is 2.32. The molecule has 5 rings (SSSR count). The van der Waals surface area contributed by atoms with Crippen molar-refractivity contribution in [3.63, 3.8) is 0 Å². The molecular weight excluding hydrogens is 465 g/mol. The predicted octanol–water partition coefficient (Wildman–Crippen LogP) is 5.39. The summed E-state index contributed by atoms with van der Waals surface area (Å²) >= 11 is 7.68. The van der Waals surface area contributed by atoms with Crippen LogP contribution in [0.3, 0.4) is 0 Å². The summed E-state index contributed by atoms with van der Waals surface area (Å²) in [5.41, 5.74) is 0.415. The van der Waals surface area contributed by atoms with Crippen molar-refractivity contribution < 1.29 is 13.9 Å². The number of thioether (sulfide) groups is 1. The van der Waals surface area contributed by atoms with E-state index in [2.05, 4.69) is 21.8 Å². The Morgan fingerprint density at radius 3 is 2.70 bits per heavy atom. The number of hydrogen-bond acceptors (Lipinski definition) is 7. The van der Waals surface area contributed by atoms with E-state index in [9.17, 15) is 4.79 Å². The first-order valence-corrected chi connectivity index (χ1v) is 12.9. The maximum absolute atomic E-state index is 15.1. The van der Waals surface area contributed by atoms with Gasteiger partial charge in [-0.2, -0.15) is 0 Å². The lowest BCUT2D eigenvalue weighted by atomic mass is 9.92. The highest BCUT2D eigenvalue weighted by Gasteiger charge is 2.51. The molecule has 0 aliphatic carbocycles. The maximum Gasteiger partial charge on any atom is 0.410 e. The van der Waals surface area contributed by atoms with Gasteiger partial charge in [-0.05, 0) is 45.8 Å². The number of anilines is 1. The molecule has 0 aromatic carbocycles. The van der Waals surface area contributed by atoms with Crippen LogP contribution in [0.1, 0.15) is 65.5 Å². The summed E-state index contributed by atoms with van der Waals surface area (Å²) in [6.45, 7) is 10.4. The van der Waals surface area contributed by atoms with Crippen molar-refractivity contribution in [2.75, 3.05) is 17.2 Å². The first-order valence-electron chi connectivity index (χ1n) is 11.6. The number of fused-ring (bicyclic) bond motifs is 5. The quantitative estimate of drug-likeness (QED) is 0.315. The van der Waals surface area contributed by atoms with Gasteiger partial charge in [0.1, 0.15) is 16.9 Å². The number of carbonyl (C=O) groups is 1. The highest BCUT2D eigenvalue weighted by Crippen LogP contribution is 2.47. The Bertz CT molecular complexity index is 1130. The fourth-order valence-corrected chi connectivity index (χ4v) is 6.28. The van der Waals surface area contributed by atoms with E-state index in [1.165, 1.54) is 11.8 Å². The molecule has 3 aliphatic rings. The average molecular weight is 494 g/mol. The van der Waals surface area contributed by atoms with Crippen LogP contribution in [0, 0.1) is 5.82 Å². The molecule has 2 fully saturated rings. The van der Waals surface area contributed by atoms with E-state index in [1.54, 1.807) is 0 Å². The van der Waals surface area contributed by atoms with Crippen LogP contribution in [0.2, 0.25) is 5.15 Å². The third kappa shape index (κ3) is 3.81. The Labute approximate surface area is 202 Å². The molecule has 2 aromatic heterocycles. The molecule has 178 valence electrons. The molecule has 0 unspecified atom stereocenters. The Morgan fingerprint density at radius 2 is 2.00 bits per heavy atom. The topological polar surface area (TPSA) is 71.5 Å². The van der Waals surface area contributed by atoms with E-state index in [4.69, 9.17) is 21.3 Å². The van der Waals surface area contributed by atoms with Crippen LogP contribution < -0.4 is 4.90 Å². The van der Waals surface area contributed by atoms with Gasteiger partial charge in [0, 0.05) is 12.5 Å². The predicted molar refractivity (Wildman–Crippen MR) is 128 cm³/mol. The third-order valence-electron chi connectivity index (χ3n) is 6.74. The number of piperazine rings is 1. The lowest BCUT2D eigenvalue weighted by Crippen LogP contribution is -2.62. The van der Waals surface area contributed by atoms with Crippen LogP contribution in [0.15, 0.2) is 5.16 Å². The van der Waals surface area contributed by atoms with Crippen LogP contribution in [0.25, 0.3) is 10.9 Å². The Hall–Kier alpha value is -1.87. The number of nitrogens with zero attached hydrogens (tertiary/aromatic N) is 5. The van der Waals surface area contributed by atoms with Gasteiger partial charge in [0.2, 0.25) is 0 Å². The summed E-state index contributed by atoms with van der Waals surface area (Å²) in [5, 5.41) is 1.03. The molecule has 2 aromatic rings. The standard InChI is InChI=1S/C23H29ClFN5O2S/c1-6-33-21-27-18-15-17(26-19(24)16(18)25)11(2)9-14-13-8-7-12(10-29(14)20(15)28-21)30(13)22(31)32-23(3,4)5/h11-14H,6-10H2,1-5H3/t11-,12-,13+,14+/m1/s1. The normalized spacial score (nSPS) is 26.4. The zero-order valence-electron chi connectivity index (χ0n) is 19.6. The summed E-state index contributed by atoms with van der Waals surface area (Å²) in [7, 11) is 0. The molecule has 0 radical (unpaired) electrons. The van der Waals surface area contributed by atoms with Crippen molar-refractivity contribution >= 4 is 46.2 Å². The van der Waals surface area contributed by atoms with Gasteiger partial charge in [-0.3, -0.25) is 4.90 Å². The molecule has 7 nitrogen and oxygen atoms in total. The van der Waals surface area contributed by atoms with Crippen molar-refractivity contribution in [3.8, 4) is 0 Å². The van der Waals surface area contributed by atoms with Crippen molar-refractivity contribution in [2.45, 2.75) is 88.7 Å². The van der Waals surface area contributed by atoms with Crippen LogP contribution in [0.4, 0.5) is 15.0 Å². The fourth-order valence-electron chi connectivity index (χ4n) is 5.53. The van der Waals surface area contributed by atoms with Gasteiger partial charge in [-0.25, -0.2) is 24.1 Å². The van der Waals surface area contributed by atoms with Crippen LogP contribution >= 0.6 is 23.4 Å². The second kappa shape index (κ2) is 8.12. The lowest BCUT2D eigenvalue weighted by Gasteiger charge is -2.47. The van der Waals surface area contributed by atoms with E-state index < -0.39 is 11.4 Å². The monoisotopic (exact) mass is 493 g/mol. The molecule has 0 saturated carbocycles.